The van der Waals surface area contributed by atoms with E-state index in [1.54, 1.807) is 21.3 Å². The van der Waals surface area contributed by atoms with Gasteiger partial charge in [0.15, 0.2) is 0 Å². The lowest BCUT2D eigenvalue weighted by atomic mass is 10.6. The van der Waals surface area contributed by atoms with E-state index < -0.39 is 8.80 Å². The van der Waals surface area contributed by atoms with Gasteiger partial charge in [0.05, 0.1) is 6.17 Å². The normalized spacial score (nSPS) is 12.4. The summed E-state index contributed by atoms with van der Waals surface area (Å²) in [5.41, 5.74) is 0. The fourth-order valence-electron chi connectivity index (χ4n) is 1.16. The van der Waals surface area contributed by atoms with Crippen LogP contribution in [0, 0.1) is 0 Å². The molecule has 86 valence electrons. The molecule has 14 heavy (non-hydrogen) atoms. The summed E-state index contributed by atoms with van der Waals surface area (Å²) >= 11 is 0. The molecule has 0 aromatic heterocycles. The molecule has 0 aliphatic rings. The van der Waals surface area contributed by atoms with Crippen molar-refractivity contribution < 1.29 is 13.3 Å². The summed E-state index contributed by atoms with van der Waals surface area (Å²) in [7, 11) is 6.41. The van der Waals surface area contributed by atoms with Crippen LogP contribution in [-0.2, 0) is 13.3 Å². The molecule has 5 nitrogen and oxygen atoms in total. The smallest absolute Gasteiger partial charge is 0.376 e. The van der Waals surface area contributed by atoms with Crippen LogP contribution in [-0.4, -0.2) is 68.4 Å². The molecule has 0 bridgehead atoms. The molecule has 0 atom stereocenters. The van der Waals surface area contributed by atoms with Gasteiger partial charge in [-0.2, -0.15) is 0 Å². The molecule has 0 unspecified atom stereocenters. The average molecular weight is 222 g/mol. The van der Waals surface area contributed by atoms with Crippen LogP contribution in [0.5, 0.6) is 0 Å². The molecule has 0 aliphatic carbocycles. The van der Waals surface area contributed by atoms with E-state index in [9.17, 15) is 0 Å². The molecule has 0 fully saturated rings. The lowest BCUT2D eigenvalue weighted by molar-refractivity contribution is 0.107. The number of nitrogens with zero attached hydrogens (tertiary/aromatic N) is 1. The summed E-state index contributed by atoms with van der Waals surface area (Å²) in [5, 5.41) is 3.09. The number of rotatable bonds is 8. The summed E-state index contributed by atoms with van der Waals surface area (Å²) in [5.74, 6) is 0. The third-order valence-corrected chi connectivity index (χ3v) is 4.93. The first-order valence-corrected chi connectivity index (χ1v) is 6.56. The van der Waals surface area contributed by atoms with Crippen LogP contribution in [0.1, 0.15) is 0 Å². The zero-order valence-corrected chi connectivity index (χ0v) is 10.8. The summed E-state index contributed by atoms with van der Waals surface area (Å²) in [6, 6.07) is 0. The van der Waals surface area contributed by atoms with E-state index in [-0.39, 0.29) is 0 Å². The Bertz CT molecular complexity index is 136. The minimum Gasteiger partial charge on any atom is -0.376 e. The van der Waals surface area contributed by atoms with Crippen LogP contribution < -0.4 is 5.32 Å². The number of likely N-dealkylation sites (N-methyl/N-ethyl adjacent to an activating group) is 2. The van der Waals surface area contributed by atoms with Crippen molar-refractivity contribution in [3.63, 3.8) is 0 Å². The second-order valence-corrected chi connectivity index (χ2v) is 6.04. The van der Waals surface area contributed by atoms with Gasteiger partial charge in [-0.3, -0.25) is 0 Å². The Morgan fingerprint density at radius 3 is 2.00 bits per heavy atom. The van der Waals surface area contributed by atoms with Gasteiger partial charge in [-0.1, -0.05) is 0 Å². The van der Waals surface area contributed by atoms with Gasteiger partial charge in [-0.05, 0) is 14.1 Å². The van der Waals surface area contributed by atoms with Crippen molar-refractivity contribution in [2.24, 2.45) is 0 Å². The van der Waals surface area contributed by atoms with E-state index in [1.807, 2.05) is 14.1 Å². The molecule has 1 N–H and O–H groups in total. The first-order chi connectivity index (χ1) is 6.64. The highest BCUT2D eigenvalue weighted by Crippen LogP contribution is 2.06. The highest BCUT2D eigenvalue weighted by Gasteiger charge is 2.38. The largest absolute Gasteiger partial charge is 0.514 e. The second kappa shape index (κ2) is 7.33. The summed E-state index contributed by atoms with van der Waals surface area (Å²) in [4.78, 5) is 2.14. The minimum atomic E-state index is -2.43. The maximum absolute atomic E-state index is 5.32. The molecule has 0 aliphatic heterocycles. The molecular formula is C8H22N2O3Si. The van der Waals surface area contributed by atoms with E-state index >= 15 is 0 Å². The predicted octanol–water partition coefficient (Wildman–Crippen LogP) is -0.445. The van der Waals surface area contributed by atoms with Crippen LogP contribution in [0.25, 0.3) is 0 Å². The van der Waals surface area contributed by atoms with Crippen LogP contribution in [0.3, 0.4) is 0 Å². The molecule has 0 saturated heterocycles. The van der Waals surface area contributed by atoms with Gasteiger partial charge in [0, 0.05) is 34.4 Å². The number of nitrogens with one attached hydrogen (secondary N) is 1. The SMILES string of the molecule is CNCCN(C)C[Si](OC)(OC)OC. The van der Waals surface area contributed by atoms with Crippen LogP contribution in [0.15, 0.2) is 0 Å². The quantitative estimate of drug-likeness (QED) is 0.564. The van der Waals surface area contributed by atoms with Crippen molar-refractivity contribution in [3.8, 4) is 0 Å². The highest BCUT2D eigenvalue weighted by molar-refractivity contribution is 6.60. The van der Waals surface area contributed by atoms with Gasteiger partial charge in [-0.15, -0.1) is 0 Å². The molecule has 0 aromatic rings. The Hall–Kier alpha value is 0.0169. The van der Waals surface area contributed by atoms with Gasteiger partial charge in [0.25, 0.3) is 0 Å². The van der Waals surface area contributed by atoms with Crippen molar-refractivity contribution in [2.45, 2.75) is 0 Å². The molecule has 0 spiro atoms. The minimum absolute atomic E-state index is 0.707. The summed E-state index contributed by atoms with van der Waals surface area (Å²) in [6.07, 6.45) is 0.707. The lowest BCUT2D eigenvalue weighted by Crippen LogP contribution is -2.53. The Labute approximate surface area is 87.7 Å². The van der Waals surface area contributed by atoms with Crippen molar-refractivity contribution in [1.82, 2.24) is 10.2 Å². The van der Waals surface area contributed by atoms with Crippen LogP contribution >= 0.6 is 0 Å². The van der Waals surface area contributed by atoms with E-state index in [4.69, 9.17) is 13.3 Å². The van der Waals surface area contributed by atoms with E-state index in [0.717, 1.165) is 13.1 Å². The van der Waals surface area contributed by atoms with Crippen LogP contribution in [0.2, 0.25) is 0 Å². The van der Waals surface area contributed by atoms with E-state index in [2.05, 4.69) is 10.2 Å². The number of hydrogen-bond acceptors (Lipinski definition) is 5. The molecule has 0 radical (unpaired) electrons. The molecule has 0 amide bonds. The van der Waals surface area contributed by atoms with Crippen LogP contribution in [0.4, 0.5) is 0 Å². The maximum Gasteiger partial charge on any atom is 0.514 e. The van der Waals surface area contributed by atoms with E-state index in [0.29, 0.717) is 6.17 Å². The molecule has 0 heterocycles. The predicted molar refractivity (Wildman–Crippen MR) is 58.2 cm³/mol. The fraction of sp³-hybridized carbons (Fsp3) is 1.00. The van der Waals surface area contributed by atoms with Crippen molar-refractivity contribution in [1.29, 1.82) is 0 Å². The fourth-order valence-corrected chi connectivity index (χ4v) is 2.86. The Balaban J connectivity index is 4.01. The highest BCUT2D eigenvalue weighted by atomic mass is 28.4. The van der Waals surface area contributed by atoms with Gasteiger partial charge < -0.3 is 23.5 Å². The maximum atomic E-state index is 5.32. The zero-order chi connectivity index (χ0) is 11.0. The van der Waals surface area contributed by atoms with Crippen molar-refractivity contribution in [2.75, 3.05) is 54.7 Å². The Kier molecular flexibility index (Phi) is 7.34. The van der Waals surface area contributed by atoms with Gasteiger partial charge >= 0.3 is 8.80 Å². The van der Waals surface area contributed by atoms with Gasteiger partial charge in [-0.25, -0.2) is 0 Å². The van der Waals surface area contributed by atoms with Gasteiger partial charge in [0.2, 0.25) is 0 Å². The first-order valence-electron chi connectivity index (χ1n) is 4.62. The Morgan fingerprint density at radius 1 is 1.14 bits per heavy atom. The zero-order valence-electron chi connectivity index (χ0n) is 9.79. The number of hydrogen-bond donors (Lipinski definition) is 1. The molecule has 0 saturated carbocycles. The van der Waals surface area contributed by atoms with Crippen molar-refractivity contribution in [3.05, 3.63) is 0 Å². The van der Waals surface area contributed by atoms with E-state index in [1.165, 1.54) is 0 Å². The molecule has 6 heteroatoms. The monoisotopic (exact) mass is 222 g/mol. The first kappa shape index (κ1) is 14.0. The summed E-state index contributed by atoms with van der Waals surface area (Å²) < 4.78 is 16.0. The molecule has 0 aromatic carbocycles. The standard InChI is InChI=1S/C8H22N2O3Si/c1-9-6-7-10(2)8-14(11-3,12-4)13-5/h9H,6-8H2,1-5H3. The van der Waals surface area contributed by atoms with Gasteiger partial charge in [0.1, 0.15) is 0 Å². The average Bonchev–Trinajstić information content (AvgIpc) is 2.23. The third-order valence-electron chi connectivity index (χ3n) is 2.14. The topological polar surface area (TPSA) is 43.0 Å². The molecular weight excluding hydrogens is 200 g/mol. The lowest BCUT2D eigenvalue weighted by Gasteiger charge is -2.28. The second-order valence-electron chi connectivity index (χ2n) is 3.14. The summed E-state index contributed by atoms with van der Waals surface area (Å²) in [6.45, 7) is 1.89. The third kappa shape index (κ3) is 4.49. The molecule has 0 rings (SSSR count). The Morgan fingerprint density at radius 2 is 1.64 bits per heavy atom. The van der Waals surface area contributed by atoms with Crippen molar-refractivity contribution >= 4 is 8.80 Å².